The fourth-order valence-electron chi connectivity index (χ4n) is 0.133. The molecular formula is C3H2F4N2. The molecule has 0 atom stereocenters. The van der Waals surface area contributed by atoms with Crippen molar-refractivity contribution in [3.8, 4) is 0 Å². The first-order valence-electron chi connectivity index (χ1n) is 1.85. The first-order chi connectivity index (χ1) is 4.00. The third-order valence-electron chi connectivity index (χ3n) is 0.521. The van der Waals surface area contributed by atoms with E-state index < -0.39 is 18.6 Å². The van der Waals surface area contributed by atoms with Crippen LogP contribution < -0.4 is 0 Å². The molecule has 0 N–H and O–H groups in total. The lowest BCUT2D eigenvalue weighted by atomic mass is 10.4. The zero-order valence-corrected chi connectivity index (χ0v) is 4.06. The van der Waals surface area contributed by atoms with Crippen LogP contribution in [0.4, 0.5) is 17.6 Å². The van der Waals surface area contributed by atoms with Crippen molar-refractivity contribution < 1.29 is 22.4 Å². The minimum absolute atomic E-state index is 0.516. The molecule has 0 bridgehead atoms. The summed E-state index contributed by atoms with van der Waals surface area (Å²) in [6.45, 7) is 0. The standard InChI is InChI=1S/C3H2F4N2/c4-2(5)3(6,7)1-9-8/h1-2H. The average Bonchev–Trinajstić information content (AvgIpc) is 1.65. The minimum atomic E-state index is -4.32. The lowest BCUT2D eigenvalue weighted by Gasteiger charge is -2.01. The van der Waals surface area contributed by atoms with Crippen molar-refractivity contribution in [2.24, 2.45) is 0 Å². The van der Waals surface area contributed by atoms with Crippen molar-refractivity contribution in [3.05, 3.63) is 5.53 Å². The second-order valence-electron chi connectivity index (χ2n) is 1.22. The van der Waals surface area contributed by atoms with Gasteiger partial charge in [-0.15, -0.1) is 0 Å². The maximum absolute atomic E-state index is 11.5. The summed E-state index contributed by atoms with van der Waals surface area (Å²) in [6, 6.07) is 0. The molecule has 0 amide bonds. The van der Waals surface area contributed by atoms with E-state index in [0.29, 0.717) is 0 Å². The number of halogens is 4. The van der Waals surface area contributed by atoms with E-state index in [1.165, 1.54) is 0 Å². The van der Waals surface area contributed by atoms with Crippen LogP contribution in [0.25, 0.3) is 5.53 Å². The topological polar surface area (TPSA) is 36.4 Å². The predicted molar refractivity (Wildman–Crippen MR) is 20.6 cm³/mol. The number of nitrogens with zero attached hydrogens (tertiary/aromatic N) is 2. The second kappa shape index (κ2) is 2.59. The van der Waals surface area contributed by atoms with Crippen molar-refractivity contribution in [1.82, 2.24) is 0 Å². The van der Waals surface area contributed by atoms with Crippen molar-refractivity contribution in [1.29, 1.82) is 0 Å². The van der Waals surface area contributed by atoms with Crippen molar-refractivity contribution >= 4 is 6.21 Å². The van der Waals surface area contributed by atoms with E-state index in [1.54, 1.807) is 4.79 Å². The Labute approximate surface area is 47.7 Å². The molecule has 0 aromatic rings. The number of hydrogen-bond donors (Lipinski definition) is 0. The van der Waals surface area contributed by atoms with E-state index in [4.69, 9.17) is 5.53 Å². The monoisotopic (exact) mass is 142 g/mol. The Kier molecular flexibility index (Phi) is 2.33. The molecule has 0 aliphatic heterocycles. The quantitative estimate of drug-likeness (QED) is 0.240. The third kappa shape index (κ3) is 2.23. The fourth-order valence-corrected chi connectivity index (χ4v) is 0.133. The van der Waals surface area contributed by atoms with Gasteiger partial charge < -0.3 is 5.53 Å². The molecule has 0 spiro atoms. The molecule has 0 aliphatic carbocycles. The molecule has 0 fully saturated rings. The molecule has 0 heterocycles. The molecule has 6 heteroatoms. The summed E-state index contributed by atoms with van der Waals surface area (Å²) in [5.41, 5.74) is 7.41. The Morgan fingerprint density at radius 2 is 1.89 bits per heavy atom. The molecule has 0 unspecified atom stereocenters. The molecule has 0 aromatic heterocycles. The zero-order chi connectivity index (χ0) is 7.49. The van der Waals surface area contributed by atoms with Gasteiger partial charge >= 0.3 is 18.6 Å². The summed E-state index contributed by atoms with van der Waals surface area (Å²) in [6.07, 6.45) is -4.34. The van der Waals surface area contributed by atoms with Gasteiger partial charge in [0.15, 0.2) is 0 Å². The van der Waals surface area contributed by atoms with E-state index in [9.17, 15) is 17.6 Å². The van der Waals surface area contributed by atoms with Gasteiger partial charge in [0.05, 0.1) is 0 Å². The highest BCUT2D eigenvalue weighted by molar-refractivity contribution is 5.60. The highest BCUT2D eigenvalue weighted by atomic mass is 19.3. The van der Waals surface area contributed by atoms with Gasteiger partial charge in [0.1, 0.15) is 0 Å². The van der Waals surface area contributed by atoms with E-state index in [1.807, 2.05) is 0 Å². The summed E-state index contributed by atoms with van der Waals surface area (Å²) in [4.78, 5) is 1.77. The van der Waals surface area contributed by atoms with E-state index in [-0.39, 0.29) is 0 Å². The Balaban J connectivity index is 4.18. The summed E-state index contributed by atoms with van der Waals surface area (Å²) >= 11 is 0. The third-order valence-corrected chi connectivity index (χ3v) is 0.521. The summed E-state index contributed by atoms with van der Waals surface area (Å²) in [7, 11) is 0. The van der Waals surface area contributed by atoms with Crippen LogP contribution in [-0.4, -0.2) is 23.4 Å². The van der Waals surface area contributed by atoms with E-state index >= 15 is 0 Å². The maximum atomic E-state index is 11.5. The Hall–Kier alpha value is -0.900. The van der Waals surface area contributed by atoms with Crippen LogP contribution in [-0.2, 0) is 0 Å². The van der Waals surface area contributed by atoms with Crippen LogP contribution in [0, 0.1) is 0 Å². The smallest absolute Gasteiger partial charge is 0.362 e. The Morgan fingerprint density at radius 3 is 2.00 bits per heavy atom. The zero-order valence-electron chi connectivity index (χ0n) is 4.06. The molecule has 0 saturated heterocycles. The first kappa shape index (κ1) is 8.10. The van der Waals surface area contributed by atoms with Crippen molar-refractivity contribution in [3.63, 3.8) is 0 Å². The molecule has 0 aromatic carbocycles. The molecule has 0 aliphatic rings. The first-order valence-corrected chi connectivity index (χ1v) is 1.85. The lowest BCUT2D eigenvalue weighted by molar-refractivity contribution is -0.105. The van der Waals surface area contributed by atoms with Crippen molar-refractivity contribution in [2.75, 3.05) is 0 Å². The second-order valence-corrected chi connectivity index (χ2v) is 1.22. The van der Waals surface area contributed by atoms with Gasteiger partial charge in [0.2, 0.25) is 0 Å². The van der Waals surface area contributed by atoms with Gasteiger partial charge in [-0.1, -0.05) is 0 Å². The maximum Gasteiger partial charge on any atom is 0.398 e. The Bertz CT molecular complexity index is 137. The summed E-state index contributed by atoms with van der Waals surface area (Å²) < 4.78 is 45.1. The number of rotatable bonds is 2. The molecular weight excluding hydrogens is 140 g/mol. The lowest BCUT2D eigenvalue weighted by Crippen LogP contribution is -2.28. The molecule has 0 saturated carbocycles. The molecule has 2 nitrogen and oxygen atoms in total. The average molecular weight is 142 g/mol. The van der Waals surface area contributed by atoms with Gasteiger partial charge in [0, 0.05) is 0 Å². The van der Waals surface area contributed by atoms with Gasteiger partial charge in [0.25, 0.3) is 0 Å². The number of alkyl halides is 4. The van der Waals surface area contributed by atoms with Gasteiger partial charge in [-0.05, 0) is 0 Å². The SMILES string of the molecule is [N-]=[N+]=CC(F)(F)C(F)F. The van der Waals surface area contributed by atoms with Gasteiger partial charge in [-0.2, -0.15) is 13.6 Å². The van der Waals surface area contributed by atoms with Gasteiger partial charge in [-0.25, -0.2) is 8.78 Å². The summed E-state index contributed by atoms with van der Waals surface area (Å²) in [5.74, 6) is -4.32. The summed E-state index contributed by atoms with van der Waals surface area (Å²) in [5, 5.41) is 0. The molecule has 0 rings (SSSR count). The van der Waals surface area contributed by atoms with Crippen LogP contribution in [0.15, 0.2) is 0 Å². The Morgan fingerprint density at radius 1 is 1.44 bits per heavy atom. The minimum Gasteiger partial charge on any atom is -0.362 e. The van der Waals surface area contributed by atoms with E-state index in [2.05, 4.69) is 0 Å². The predicted octanol–water partition coefficient (Wildman–Crippen LogP) is 1.19. The van der Waals surface area contributed by atoms with Crippen LogP contribution >= 0.6 is 0 Å². The van der Waals surface area contributed by atoms with Crippen LogP contribution in [0.2, 0.25) is 0 Å². The highest BCUT2D eigenvalue weighted by Gasteiger charge is 2.43. The van der Waals surface area contributed by atoms with Crippen LogP contribution in [0.3, 0.4) is 0 Å². The number of hydrogen-bond acceptors (Lipinski definition) is 0. The highest BCUT2D eigenvalue weighted by Crippen LogP contribution is 2.18. The molecule has 9 heavy (non-hydrogen) atoms. The van der Waals surface area contributed by atoms with Gasteiger partial charge in [-0.3, -0.25) is 0 Å². The molecule has 0 radical (unpaired) electrons. The fraction of sp³-hybridized carbons (Fsp3) is 0.667. The van der Waals surface area contributed by atoms with Crippen LogP contribution in [0.5, 0.6) is 0 Å². The largest absolute Gasteiger partial charge is 0.398 e. The van der Waals surface area contributed by atoms with E-state index in [0.717, 1.165) is 0 Å². The molecule has 52 valence electrons. The van der Waals surface area contributed by atoms with Crippen LogP contribution in [0.1, 0.15) is 0 Å². The normalized spacial score (nSPS) is 11.2. The van der Waals surface area contributed by atoms with Crippen molar-refractivity contribution in [2.45, 2.75) is 12.3 Å².